The van der Waals surface area contributed by atoms with Gasteiger partial charge in [0.25, 0.3) is 0 Å². The predicted octanol–water partition coefficient (Wildman–Crippen LogP) is 3.54. The number of hydrogen-bond acceptors (Lipinski definition) is 3. The van der Waals surface area contributed by atoms with Gasteiger partial charge in [-0.1, -0.05) is 12.8 Å². The molecule has 0 aliphatic heterocycles. The topological polar surface area (TPSA) is 38.7 Å². The molecular formula is C14H21ClO3. The SMILES string of the molecule is COc1cc(OC)cc([C@@H](O)CCCCCCl)c1. The molecule has 1 N–H and O–H groups in total. The Morgan fingerprint density at radius 1 is 1.06 bits per heavy atom. The normalized spacial score (nSPS) is 12.2. The van der Waals surface area contributed by atoms with Gasteiger partial charge in [-0.05, 0) is 30.5 Å². The summed E-state index contributed by atoms with van der Waals surface area (Å²) < 4.78 is 10.4. The molecule has 1 aromatic carbocycles. The largest absolute Gasteiger partial charge is 0.497 e. The highest BCUT2D eigenvalue weighted by Crippen LogP contribution is 2.28. The monoisotopic (exact) mass is 272 g/mol. The quantitative estimate of drug-likeness (QED) is 0.581. The lowest BCUT2D eigenvalue weighted by Crippen LogP contribution is -1.99. The molecule has 0 spiro atoms. The third-order valence-electron chi connectivity index (χ3n) is 2.87. The van der Waals surface area contributed by atoms with Crippen molar-refractivity contribution in [3.8, 4) is 11.5 Å². The van der Waals surface area contributed by atoms with Gasteiger partial charge >= 0.3 is 0 Å². The summed E-state index contributed by atoms with van der Waals surface area (Å²) in [5.74, 6) is 2.08. The molecule has 0 aromatic heterocycles. The van der Waals surface area contributed by atoms with E-state index in [-0.39, 0.29) is 0 Å². The Morgan fingerprint density at radius 2 is 1.67 bits per heavy atom. The Bertz CT molecular complexity index is 333. The van der Waals surface area contributed by atoms with Crippen LogP contribution in [0.25, 0.3) is 0 Å². The van der Waals surface area contributed by atoms with Gasteiger partial charge < -0.3 is 14.6 Å². The molecule has 102 valence electrons. The predicted molar refractivity (Wildman–Crippen MR) is 73.7 cm³/mol. The molecule has 0 radical (unpaired) electrons. The van der Waals surface area contributed by atoms with E-state index in [4.69, 9.17) is 21.1 Å². The maximum atomic E-state index is 10.1. The van der Waals surface area contributed by atoms with E-state index in [9.17, 15) is 5.11 Å². The minimum atomic E-state index is -0.482. The van der Waals surface area contributed by atoms with Gasteiger partial charge in [0.15, 0.2) is 0 Å². The zero-order valence-electron chi connectivity index (χ0n) is 11.0. The van der Waals surface area contributed by atoms with Crippen molar-refractivity contribution < 1.29 is 14.6 Å². The molecule has 18 heavy (non-hydrogen) atoms. The van der Waals surface area contributed by atoms with Crippen molar-refractivity contribution in [3.05, 3.63) is 23.8 Å². The Kier molecular flexibility index (Phi) is 6.91. The number of methoxy groups -OCH3 is 2. The molecule has 0 aliphatic rings. The van der Waals surface area contributed by atoms with E-state index in [0.29, 0.717) is 17.4 Å². The van der Waals surface area contributed by atoms with Crippen LogP contribution >= 0.6 is 11.6 Å². The molecule has 0 unspecified atom stereocenters. The average molecular weight is 273 g/mol. The molecule has 3 nitrogen and oxygen atoms in total. The lowest BCUT2D eigenvalue weighted by Gasteiger charge is -2.13. The lowest BCUT2D eigenvalue weighted by atomic mass is 10.0. The highest BCUT2D eigenvalue weighted by atomic mass is 35.5. The average Bonchev–Trinajstić information content (AvgIpc) is 2.42. The first-order chi connectivity index (χ1) is 8.71. The van der Waals surface area contributed by atoms with Crippen molar-refractivity contribution in [2.75, 3.05) is 20.1 Å². The summed E-state index contributed by atoms with van der Waals surface area (Å²) >= 11 is 5.62. The molecule has 1 aromatic rings. The summed E-state index contributed by atoms with van der Waals surface area (Å²) in [6.07, 6.45) is 3.25. The van der Waals surface area contributed by atoms with E-state index in [1.165, 1.54) is 0 Å². The lowest BCUT2D eigenvalue weighted by molar-refractivity contribution is 0.163. The molecule has 0 saturated heterocycles. The first kappa shape index (κ1) is 15.1. The summed E-state index contributed by atoms with van der Waals surface area (Å²) in [7, 11) is 3.21. The smallest absolute Gasteiger partial charge is 0.122 e. The zero-order chi connectivity index (χ0) is 13.4. The Morgan fingerprint density at radius 3 is 2.17 bits per heavy atom. The van der Waals surface area contributed by atoms with Crippen molar-refractivity contribution in [2.45, 2.75) is 31.8 Å². The van der Waals surface area contributed by atoms with Gasteiger partial charge in [0.05, 0.1) is 20.3 Å². The first-order valence-corrected chi connectivity index (χ1v) is 6.71. The molecule has 0 heterocycles. The molecule has 0 amide bonds. The van der Waals surface area contributed by atoms with Gasteiger partial charge in [0, 0.05) is 11.9 Å². The molecule has 0 fully saturated rings. The molecule has 0 bridgehead atoms. The summed E-state index contributed by atoms with van der Waals surface area (Å²) in [6, 6.07) is 5.48. The second-order valence-electron chi connectivity index (χ2n) is 4.20. The van der Waals surface area contributed by atoms with E-state index in [1.807, 2.05) is 12.1 Å². The molecule has 1 rings (SSSR count). The van der Waals surface area contributed by atoms with Crippen LogP contribution in [-0.4, -0.2) is 25.2 Å². The molecule has 4 heteroatoms. The van der Waals surface area contributed by atoms with Crippen LogP contribution in [-0.2, 0) is 0 Å². The Hall–Kier alpha value is -0.930. The maximum absolute atomic E-state index is 10.1. The van der Waals surface area contributed by atoms with E-state index in [1.54, 1.807) is 20.3 Å². The van der Waals surface area contributed by atoms with Crippen LogP contribution in [0.15, 0.2) is 18.2 Å². The number of rotatable bonds is 8. The van der Waals surface area contributed by atoms with E-state index in [2.05, 4.69) is 0 Å². The van der Waals surface area contributed by atoms with Crippen LogP contribution in [0.3, 0.4) is 0 Å². The van der Waals surface area contributed by atoms with Crippen LogP contribution in [0.5, 0.6) is 11.5 Å². The summed E-state index contributed by atoms with van der Waals surface area (Å²) in [5.41, 5.74) is 0.831. The van der Waals surface area contributed by atoms with Crippen LogP contribution in [0.1, 0.15) is 37.4 Å². The van der Waals surface area contributed by atoms with E-state index < -0.39 is 6.10 Å². The van der Waals surface area contributed by atoms with Crippen molar-refractivity contribution in [3.63, 3.8) is 0 Å². The molecule has 1 atom stereocenters. The second-order valence-corrected chi connectivity index (χ2v) is 4.58. The fourth-order valence-electron chi connectivity index (χ4n) is 1.80. The third kappa shape index (κ3) is 4.75. The van der Waals surface area contributed by atoms with Gasteiger partial charge in [0.1, 0.15) is 11.5 Å². The number of halogens is 1. The van der Waals surface area contributed by atoms with Crippen LogP contribution in [0.2, 0.25) is 0 Å². The summed E-state index contributed by atoms with van der Waals surface area (Å²) in [4.78, 5) is 0. The second kappa shape index (κ2) is 8.22. The number of benzene rings is 1. The van der Waals surface area contributed by atoms with E-state index in [0.717, 1.165) is 31.2 Å². The molecule has 0 aliphatic carbocycles. The number of unbranched alkanes of at least 4 members (excludes halogenated alkanes) is 2. The fraction of sp³-hybridized carbons (Fsp3) is 0.571. The van der Waals surface area contributed by atoms with Crippen LogP contribution < -0.4 is 9.47 Å². The number of ether oxygens (including phenoxy) is 2. The van der Waals surface area contributed by atoms with Crippen molar-refractivity contribution >= 4 is 11.6 Å². The Labute approximate surface area is 114 Å². The van der Waals surface area contributed by atoms with Crippen LogP contribution in [0.4, 0.5) is 0 Å². The third-order valence-corrected chi connectivity index (χ3v) is 3.14. The van der Waals surface area contributed by atoms with Crippen molar-refractivity contribution in [1.29, 1.82) is 0 Å². The van der Waals surface area contributed by atoms with Gasteiger partial charge in [-0.3, -0.25) is 0 Å². The van der Waals surface area contributed by atoms with Crippen molar-refractivity contribution in [1.82, 2.24) is 0 Å². The highest BCUT2D eigenvalue weighted by Gasteiger charge is 2.10. The minimum Gasteiger partial charge on any atom is -0.497 e. The van der Waals surface area contributed by atoms with Crippen LogP contribution in [0, 0.1) is 0 Å². The van der Waals surface area contributed by atoms with Gasteiger partial charge in [-0.2, -0.15) is 0 Å². The van der Waals surface area contributed by atoms with Gasteiger partial charge in [-0.15, -0.1) is 11.6 Å². The number of aliphatic hydroxyl groups excluding tert-OH is 1. The number of aliphatic hydroxyl groups is 1. The minimum absolute atomic E-state index is 0.482. The van der Waals surface area contributed by atoms with Gasteiger partial charge in [0.2, 0.25) is 0 Å². The summed E-state index contributed by atoms with van der Waals surface area (Å²) in [6.45, 7) is 0. The Balaban J connectivity index is 2.63. The number of alkyl halides is 1. The fourth-order valence-corrected chi connectivity index (χ4v) is 1.99. The van der Waals surface area contributed by atoms with E-state index >= 15 is 0 Å². The highest BCUT2D eigenvalue weighted by molar-refractivity contribution is 6.17. The van der Waals surface area contributed by atoms with Crippen molar-refractivity contribution in [2.24, 2.45) is 0 Å². The van der Waals surface area contributed by atoms with Gasteiger partial charge in [-0.25, -0.2) is 0 Å². The zero-order valence-corrected chi connectivity index (χ0v) is 11.7. The molecule has 0 saturated carbocycles. The first-order valence-electron chi connectivity index (χ1n) is 6.18. The molecular weight excluding hydrogens is 252 g/mol. The number of hydrogen-bond donors (Lipinski definition) is 1. The maximum Gasteiger partial charge on any atom is 0.122 e. The standard InChI is InChI=1S/C14H21ClO3/c1-17-12-8-11(9-13(10-12)18-2)14(16)6-4-3-5-7-15/h8-10,14,16H,3-7H2,1-2H3/t14-/m0/s1. The summed E-state index contributed by atoms with van der Waals surface area (Å²) in [5, 5.41) is 10.1.